The number of carbonyl (C=O) groups is 3. The number of ether oxygens (including phenoxy) is 3. The topological polar surface area (TPSA) is 94.7 Å². The first-order valence-corrected chi connectivity index (χ1v) is 8.53. The van der Waals surface area contributed by atoms with E-state index in [1.165, 1.54) is 0 Å². The van der Waals surface area contributed by atoms with E-state index in [-0.39, 0.29) is 17.7 Å². The van der Waals surface area contributed by atoms with E-state index in [0.29, 0.717) is 23.6 Å². The number of hydrogen-bond acceptors (Lipinski definition) is 6. The molecule has 0 fully saturated rings. The van der Waals surface area contributed by atoms with Crippen LogP contribution in [0, 0.1) is 13.8 Å². The predicted octanol–water partition coefficient (Wildman–Crippen LogP) is 2.99. The van der Waals surface area contributed by atoms with Gasteiger partial charge in [-0.05, 0) is 38.5 Å². The molecular formula is C20H23NO6. The number of Topliss-reactive ketones (excluding diaryl/α,β-unsaturated/α-hetero) is 1. The van der Waals surface area contributed by atoms with E-state index >= 15 is 0 Å². The first-order valence-electron chi connectivity index (χ1n) is 8.53. The first kappa shape index (κ1) is 20.4. The number of aromatic amines is 1. The molecule has 0 amide bonds. The monoisotopic (exact) mass is 373 g/mol. The Morgan fingerprint density at radius 2 is 1.70 bits per heavy atom. The average Bonchev–Trinajstić information content (AvgIpc) is 2.94. The third-order valence-corrected chi connectivity index (χ3v) is 3.94. The maximum Gasteiger partial charge on any atom is 0.340 e. The minimum atomic E-state index is -0.621. The molecule has 144 valence electrons. The Morgan fingerprint density at radius 1 is 1.00 bits per heavy atom. The molecule has 7 heteroatoms. The van der Waals surface area contributed by atoms with Gasteiger partial charge in [0.25, 0.3) is 0 Å². The number of H-pyrrole nitrogens is 1. The maximum absolute atomic E-state index is 12.6. The number of benzene rings is 1. The molecule has 1 N–H and O–H groups in total. The molecule has 0 unspecified atom stereocenters. The van der Waals surface area contributed by atoms with E-state index in [2.05, 4.69) is 4.98 Å². The van der Waals surface area contributed by atoms with Gasteiger partial charge >= 0.3 is 11.9 Å². The van der Waals surface area contributed by atoms with Gasteiger partial charge in [0.1, 0.15) is 0 Å². The minimum Gasteiger partial charge on any atom is -0.462 e. The molecule has 0 radical (unpaired) electrons. The largest absolute Gasteiger partial charge is 0.462 e. The van der Waals surface area contributed by atoms with Crippen LogP contribution in [0.2, 0.25) is 0 Å². The third-order valence-electron chi connectivity index (χ3n) is 3.94. The van der Waals surface area contributed by atoms with Crippen molar-refractivity contribution < 1.29 is 28.6 Å². The molecule has 2 rings (SSSR count). The van der Waals surface area contributed by atoms with Crippen LogP contribution in [-0.2, 0) is 20.8 Å². The van der Waals surface area contributed by atoms with Crippen molar-refractivity contribution in [1.29, 1.82) is 0 Å². The van der Waals surface area contributed by atoms with E-state index < -0.39 is 24.3 Å². The molecule has 1 aromatic carbocycles. The van der Waals surface area contributed by atoms with Crippen LogP contribution in [0.1, 0.15) is 54.9 Å². The van der Waals surface area contributed by atoms with Crippen molar-refractivity contribution in [1.82, 2.24) is 4.98 Å². The van der Waals surface area contributed by atoms with Crippen LogP contribution in [-0.4, -0.2) is 43.0 Å². The Kier molecular flexibility index (Phi) is 6.90. The second-order valence-electron chi connectivity index (χ2n) is 5.98. The zero-order chi connectivity index (χ0) is 20.0. The van der Waals surface area contributed by atoms with Crippen molar-refractivity contribution in [3.05, 3.63) is 57.9 Å². The summed E-state index contributed by atoms with van der Waals surface area (Å²) in [5.74, 6) is -1.67. The second-order valence-corrected chi connectivity index (χ2v) is 5.98. The van der Waals surface area contributed by atoms with E-state index in [4.69, 9.17) is 14.2 Å². The van der Waals surface area contributed by atoms with Crippen LogP contribution in [0.15, 0.2) is 24.3 Å². The van der Waals surface area contributed by atoms with Crippen LogP contribution in [0.3, 0.4) is 0 Å². The quantitative estimate of drug-likeness (QED) is 0.565. The Morgan fingerprint density at radius 3 is 2.37 bits per heavy atom. The highest BCUT2D eigenvalue weighted by molar-refractivity contribution is 6.09. The van der Waals surface area contributed by atoms with Gasteiger partial charge in [-0.3, -0.25) is 4.79 Å². The van der Waals surface area contributed by atoms with Crippen molar-refractivity contribution in [2.45, 2.75) is 27.4 Å². The van der Waals surface area contributed by atoms with Gasteiger partial charge in [0.2, 0.25) is 5.78 Å². The van der Waals surface area contributed by atoms with E-state index in [0.717, 1.165) is 5.56 Å². The number of carbonyl (C=O) groups excluding carboxylic acids is 3. The summed E-state index contributed by atoms with van der Waals surface area (Å²) in [5.41, 5.74) is 2.57. The fraction of sp³-hybridized carbons (Fsp3) is 0.350. The molecule has 0 saturated heterocycles. The Balaban J connectivity index is 2.13. The summed E-state index contributed by atoms with van der Waals surface area (Å²) in [4.78, 5) is 39.9. The van der Waals surface area contributed by atoms with Gasteiger partial charge in [0.05, 0.1) is 29.9 Å². The number of nitrogens with one attached hydrogen (secondary N) is 1. The summed E-state index contributed by atoms with van der Waals surface area (Å²) in [6.07, 6.45) is 0. The number of esters is 2. The number of rotatable bonds is 8. The predicted molar refractivity (Wildman–Crippen MR) is 98.0 cm³/mol. The third kappa shape index (κ3) is 4.83. The molecule has 0 aliphatic heterocycles. The summed E-state index contributed by atoms with van der Waals surface area (Å²) in [7, 11) is 1.56. The van der Waals surface area contributed by atoms with Crippen LogP contribution in [0.4, 0.5) is 0 Å². The van der Waals surface area contributed by atoms with Crippen molar-refractivity contribution in [3.63, 3.8) is 0 Å². The summed E-state index contributed by atoms with van der Waals surface area (Å²) in [5, 5.41) is 0. The molecule has 0 saturated carbocycles. The van der Waals surface area contributed by atoms with Crippen LogP contribution < -0.4 is 0 Å². The number of methoxy groups -OCH3 is 1. The van der Waals surface area contributed by atoms with Crippen LogP contribution in [0.25, 0.3) is 0 Å². The van der Waals surface area contributed by atoms with Crippen molar-refractivity contribution in [2.75, 3.05) is 20.3 Å². The van der Waals surface area contributed by atoms with Gasteiger partial charge in [-0.15, -0.1) is 0 Å². The van der Waals surface area contributed by atoms with Gasteiger partial charge < -0.3 is 19.2 Å². The zero-order valence-corrected chi connectivity index (χ0v) is 15.9. The minimum absolute atomic E-state index is 0.178. The second kappa shape index (κ2) is 9.14. The summed E-state index contributed by atoms with van der Waals surface area (Å²) >= 11 is 0. The standard InChI is InChI=1S/C20H23NO6/c1-5-26-20(24)18-13(3)21-12(2)17(18)16(22)11-27-19(23)15-8-6-7-14(9-15)10-25-4/h6-9,21H,5,10-11H2,1-4H3. The average molecular weight is 373 g/mol. The molecular weight excluding hydrogens is 350 g/mol. The van der Waals surface area contributed by atoms with Gasteiger partial charge in [-0.1, -0.05) is 12.1 Å². The maximum atomic E-state index is 12.6. The molecule has 0 spiro atoms. The highest BCUT2D eigenvalue weighted by atomic mass is 16.5. The summed E-state index contributed by atoms with van der Waals surface area (Å²) in [6, 6.07) is 6.78. The van der Waals surface area contributed by atoms with E-state index in [1.54, 1.807) is 46.1 Å². The molecule has 2 aromatic rings. The lowest BCUT2D eigenvalue weighted by Gasteiger charge is -2.08. The smallest absolute Gasteiger partial charge is 0.340 e. The first-order chi connectivity index (χ1) is 12.9. The van der Waals surface area contributed by atoms with Gasteiger partial charge in [0, 0.05) is 18.5 Å². The van der Waals surface area contributed by atoms with Gasteiger partial charge in [-0.2, -0.15) is 0 Å². The van der Waals surface area contributed by atoms with Crippen molar-refractivity contribution >= 4 is 17.7 Å². The lowest BCUT2D eigenvalue weighted by atomic mass is 10.1. The number of ketones is 1. The SMILES string of the molecule is CCOC(=O)c1c(C)[nH]c(C)c1C(=O)COC(=O)c1cccc(COC)c1. The molecule has 0 aliphatic rings. The van der Waals surface area contributed by atoms with E-state index in [9.17, 15) is 14.4 Å². The molecule has 0 aliphatic carbocycles. The summed E-state index contributed by atoms with van der Waals surface area (Å²) < 4.78 is 15.2. The van der Waals surface area contributed by atoms with Crippen LogP contribution >= 0.6 is 0 Å². The lowest BCUT2D eigenvalue weighted by Crippen LogP contribution is -2.18. The number of hydrogen-bond donors (Lipinski definition) is 1. The molecule has 1 aromatic heterocycles. The van der Waals surface area contributed by atoms with Crippen LogP contribution in [0.5, 0.6) is 0 Å². The Hall–Kier alpha value is -2.93. The molecule has 1 heterocycles. The van der Waals surface area contributed by atoms with Gasteiger partial charge in [0.15, 0.2) is 6.61 Å². The fourth-order valence-electron chi connectivity index (χ4n) is 2.83. The lowest BCUT2D eigenvalue weighted by molar-refractivity contribution is 0.0472. The van der Waals surface area contributed by atoms with E-state index in [1.807, 2.05) is 6.07 Å². The molecule has 7 nitrogen and oxygen atoms in total. The Bertz CT molecular complexity index is 852. The van der Waals surface area contributed by atoms with Crippen molar-refractivity contribution in [3.8, 4) is 0 Å². The Labute approximate surface area is 157 Å². The molecule has 0 atom stereocenters. The van der Waals surface area contributed by atoms with Gasteiger partial charge in [-0.25, -0.2) is 9.59 Å². The zero-order valence-electron chi connectivity index (χ0n) is 15.9. The fourth-order valence-corrected chi connectivity index (χ4v) is 2.83. The van der Waals surface area contributed by atoms with Crippen molar-refractivity contribution in [2.24, 2.45) is 0 Å². The highest BCUT2D eigenvalue weighted by Crippen LogP contribution is 2.20. The number of aromatic nitrogens is 1. The molecule has 0 bridgehead atoms. The highest BCUT2D eigenvalue weighted by Gasteiger charge is 2.26. The summed E-state index contributed by atoms with van der Waals surface area (Å²) in [6.45, 7) is 5.14. The number of aryl methyl sites for hydroxylation is 2. The normalized spacial score (nSPS) is 10.5. The molecule has 27 heavy (non-hydrogen) atoms.